The first kappa shape index (κ1) is 14.5. The Balaban J connectivity index is 1.37. The smallest absolute Gasteiger partial charge is 0.238 e. The van der Waals surface area contributed by atoms with Gasteiger partial charge in [-0.2, -0.15) is 0 Å². The van der Waals surface area contributed by atoms with E-state index in [9.17, 15) is 4.79 Å². The van der Waals surface area contributed by atoms with Crippen LogP contribution >= 0.6 is 11.6 Å². The molecule has 1 amide bonds. The third-order valence-corrected chi connectivity index (χ3v) is 6.14. The van der Waals surface area contributed by atoms with Crippen LogP contribution in [-0.2, 0) is 4.79 Å². The first-order chi connectivity index (χ1) is 10.6. The summed E-state index contributed by atoms with van der Waals surface area (Å²) in [6.45, 7) is 0.386. The van der Waals surface area contributed by atoms with Crippen molar-refractivity contribution in [2.75, 3.05) is 11.9 Å². The van der Waals surface area contributed by atoms with Gasteiger partial charge in [0.05, 0.1) is 17.3 Å². The van der Waals surface area contributed by atoms with Crippen LogP contribution in [0.5, 0.6) is 0 Å². The molecule has 4 heteroatoms. The van der Waals surface area contributed by atoms with Crippen molar-refractivity contribution in [1.29, 1.82) is 0 Å². The average Bonchev–Trinajstić information content (AvgIpc) is 2.46. The number of hydrogen-bond donors (Lipinski definition) is 2. The molecule has 0 heterocycles. The summed E-state index contributed by atoms with van der Waals surface area (Å²) < 4.78 is 0. The second-order valence-electron chi connectivity index (χ2n) is 7.58. The van der Waals surface area contributed by atoms with Crippen LogP contribution in [0.3, 0.4) is 0 Å². The molecule has 22 heavy (non-hydrogen) atoms. The van der Waals surface area contributed by atoms with Crippen LogP contribution in [0.2, 0.25) is 5.02 Å². The maximum Gasteiger partial charge on any atom is 0.238 e. The molecule has 1 aromatic rings. The third kappa shape index (κ3) is 2.77. The Morgan fingerprint density at radius 3 is 2.27 bits per heavy atom. The lowest BCUT2D eigenvalue weighted by Crippen LogP contribution is -2.59. The van der Waals surface area contributed by atoms with Gasteiger partial charge in [-0.3, -0.25) is 4.79 Å². The molecule has 5 rings (SSSR count). The molecule has 0 unspecified atom stereocenters. The minimum atomic E-state index is 0.00356. The summed E-state index contributed by atoms with van der Waals surface area (Å²) in [5, 5.41) is 7.11. The molecule has 4 bridgehead atoms. The van der Waals surface area contributed by atoms with Crippen molar-refractivity contribution < 1.29 is 4.79 Å². The summed E-state index contributed by atoms with van der Waals surface area (Å²) in [6.07, 6.45) is 8.06. The van der Waals surface area contributed by atoms with Gasteiger partial charge in [-0.25, -0.2) is 0 Å². The molecule has 4 aliphatic carbocycles. The zero-order chi connectivity index (χ0) is 15.2. The van der Waals surface area contributed by atoms with E-state index in [-0.39, 0.29) is 11.4 Å². The average molecular weight is 319 g/mol. The maximum absolute atomic E-state index is 12.2. The Morgan fingerprint density at radius 2 is 1.68 bits per heavy atom. The first-order valence-electron chi connectivity index (χ1n) is 8.41. The fourth-order valence-corrected chi connectivity index (χ4v) is 5.53. The van der Waals surface area contributed by atoms with E-state index in [4.69, 9.17) is 11.6 Å². The monoisotopic (exact) mass is 318 g/mol. The number of hydrogen-bond acceptors (Lipinski definition) is 2. The van der Waals surface area contributed by atoms with Crippen LogP contribution in [0.15, 0.2) is 24.3 Å². The van der Waals surface area contributed by atoms with E-state index >= 15 is 0 Å². The van der Waals surface area contributed by atoms with Gasteiger partial charge in [-0.15, -0.1) is 0 Å². The van der Waals surface area contributed by atoms with E-state index in [0.29, 0.717) is 17.3 Å². The maximum atomic E-state index is 12.2. The predicted octanol–water partition coefficient (Wildman–Crippen LogP) is 3.84. The number of anilines is 1. The Bertz CT molecular complexity index is 551. The molecule has 3 nitrogen and oxygen atoms in total. The molecule has 118 valence electrons. The first-order valence-corrected chi connectivity index (χ1v) is 8.79. The van der Waals surface area contributed by atoms with Crippen molar-refractivity contribution in [3.8, 4) is 0 Å². The van der Waals surface area contributed by atoms with Gasteiger partial charge in [0.25, 0.3) is 0 Å². The zero-order valence-electron chi connectivity index (χ0n) is 12.8. The number of nitrogens with one attached hydrogen (secondary N) is 2. The number of amides is 1. The molecule has 0 aromatic heterocycles. The second-order valence-corrected chi connectivity index (χ2v) is 7.99. The van der Waals surface area contributed by atoms with Crippen molar-refractivity contribution in [3.05, 3.63) is 29.3 Å². The highest BCUT2D eigenvalue weighted by Gasteiger charge is 2.50. The molecule has 4 saturated carbocycles. The number of halogens is 1. The largest absolute Gasteiger partial charge is 0.324 e. The Labute approximate surface area is 136 Å². The van der Waals surface area contributed by atoms with Gasteiger partial charge in [0.15, 0.2) is 0 Å². The van der Waals surface area contributed by atoms with Gasteiger partial charge in [0.2, 0.25) is 5.91 Å². The van der Waals surface area contributed by atoms with Crippen LogP contribution < -0.4 is 10.6 Å². The van der Waals surface area contributed by atoms with E-state index in [1.165, 1.54) is 38.5 Å². The summed E-state index contributed by atoms with van der Waals surface area (Å²) in [7, 11) is 0. The molecular weight excluding hydrogens is 296 g/mol. The number of carbonyl (C=O) groups excluding carboxylic acids is 1. The molecule has 1 aromatic carbocycles. The van der Waals surface area contributed by atoms with Gasteiger partial charge in [-0.05, 0) is 68.4 Å². The summed E-state index contributed by atoms with van der Waals surface area (Å²) in [5.41, 5.74) is 0.925. The van der Waals surface area contributed by atoms with Crippen LogP contribution in [0.1, 0.15) is 38.5 Å². The van der Waals surface area contributed by atoms with E-state index in [1.54, 1.807) is 6.07 Å². The molecule has 0 atom stereocenters. The quantitative estimate of drug-likeness (QED) is 0.885. The van der Waals surface area contributed by atoms with Crippen LogP contribution in [-0.4, -0.2) is 18.0 Å². The minimum Gasteiger partial charge on any atom is -0.324 e. The molecule has 4 aliphatic rings. The summed E-state index contributed by atoms with van der Waals surface area (Å²) in [5.74, 6) is 2.69. The van der Waals surface area contributed by atoms with Gasteiger partial charge in [-0.1, -0.05) is 23.7 Å². The highest BCUT2D eigenvalue weighted by Crippen LogP contribution is 2.55. The number of para-hydroxylation sites is 1. The fraction of sp³-hybridized carbons (Fsp3) is 0.611. The molecule has 2 N–H and O–H groups in total. The zero-order valence-corrected chi connectivity index (χ0v) is 13.5. The topological polar surface area (TPSA) is 41.1 Å². The van der Waals surface area contributed by atoms with Crippen molar-refractivity contribution in [1.82, 2.24) is 5.32 Å². The van der Waals surface area contributed by atoms with Crippen molar-refractivity contribution in [2.45, 2.75) is 44.1 Å². The molecular formula is C18H23ClN2O. The highest BCUT2D eigenvalue weighted by molar-refractivity contribution is 6.33. The standard InChI is InChI=1S/C18H23ClN2O/c19-15-3-1-2-4-16(15)21-17(22)11-20-18-8-12-5-13(9-18)7-14(6-12)10-18/h1-4,12-14,20H,5-11H2,(H,21,22). The lowest BCUT2D eigenvalue weighted by atomic mass is 9.53. The molecule has 0 aliphatic heterocycles. The van der Waals surface area contributed by atoms with Crippen molar-refractivity contribution >= 4 is 23.2 Å². The summed E-state index contributed by atoms with van der Waals surface area (Å²) >= 11 is 6.09. The van der Waals surface area contributed by atoms with Crippen LogP contribution in [0, 0.1) is 17.8 Å². The normalized spacial score (nSPS) is 35.6. The van der Waals surface area contributed by atoms with Crippen LogP contribution in [0.25, 0.3) is 0 Å². The third-order valence-electron chi connectivity index (χ3n) is 5.81. The molecule has 0 radical (unpaired) electrons. The summed E-state index contributed by atoms with van der Waals surface area (Å²) in [4.78, 5) is 12.2. The SMILES string of the molecule is O=C(CNC12CC3CC(CC(C3)C1)C2)Nc1ccccc1Cl. The minimum absolute atomic E-state index is 0.00356. The Morgan fingerprint density at radius 1 is 1.09 bits per heavy atom. The molecule has 0 spiro atoms. The molecule has 4 fully saturated rings. The van der Waals surface area contributed by atoms with Crippen molar-refractivity contribution in [2.24, 2.45) is 17.8 Å². The number of benzene rings is 1. The predicted molar refractivity (Wildman–Crippen MR) is 89.0 cm³/mol. The number of carbonyl (C=O) groups is 1. The van der Waals surface area contributed by atoms with E-state index in [1.807, 2.05) is 18.2 Å². The Hall–Kier alpha value is -1.06. The van der Waals surface area contributed by atoms with Gasteiger partial charge in [0.1, 0.15) is 0 Å². The molecule has 0 saturated heterocycles. The lowest BCUT2D eigenvalue weighted by molar-refractivity contribution is -0.116. The Kier molecular flexibility index (Phi) is 3.66. The van der Waals surface area contributed by atoms with Gasteiger partial charge >= 0.3 is 0 Å². The summed E-state index contributed by atoms with van der Waals surface area (Å²) in [6, 6.07) is 7.38. The lowest BCUT2D eigenvalue weighted by Gasteiger charge is -2.57. The van der Waals surface area contributed by atoms with E-state index in [0.717, 1.165) is 17.8 Å². The van der Waals surface area contributed by atoms with E-state index < -0.39 is 0 Å². The van der Waals surface area contributed by atoms with E-state index in [2.05, 4.69) is 10.6 Å². The second kappa shape index (κ2) is 5.54. The van der Waals surface area contributed by atoms with Crippen LogP contribution in [0.4, 0.5) is 5.69 Å². The number of rotatable bonds is 4. The fourth-order valence-electron chi connectivity index (χ4n) is 5.35. The van der Waals surface area contributed by atoms with Crippen molar-refractivity contribution in [3.63, 3.8) is 0 Å². The highest BCUT2D eigenvalue weighted by atomic mass is 35.5. The van der Waals surface area contributed by atoms with Gasteiger partial charge in [0, 0.05) is 5.54 Å². The van der Waals surface area contributed by atoms with Gasteiger partial charge < -0.3 is 10.6 Å².